The molecule has 1 saturated carbocycles. The highest BCUT2D eigenvalue weighted by Gasteiger charge is 2.33. The maximum absolute atomic E-state index is 13.2. The first kappa shape index (κ1) is 22.1. The standard InChI is InChI=1S/C24H26F3NO2/c1-28(2)15-20-10-9-17(11-16-5-3-7-19(12-16)23(29)30)13-22(20)18-6-4-8-21(14-18)24(25,26)27/h3-8,11-12,14,20,22H,9-10,13,15H2,1-2H3,(H,29,30)/b17-11+/t20-,22-/m0/s1. The lowest BCUT2D eigenvalue weighted by molar-refractivity contribution is -0.137. The molecule has 0 unspecified atom stereocenters. The number of benzene rings is 2. The van der Waals surface area contributed by atoms with Crippen molar-refractivity contribution in [2.24, 2.45) is 5.92 Å². The van der Waals surface area contributed by atoms with E-state index < -0.39 is 17.7 Å². The Kier molecular flexibility index (Phi) is 6.66. The normalized spacial score (nSPS) is 21.2. The molecule has 1 N–H and O–H groups in total. The van der Waals surface area contributed by atoms with Crippen LogP contribution in [0.3, 0.4) is 0 Å². The number of carboxylic acid groups (broad SMARTS) is 1. The summed E-state index contributed by atoms with van der Waals surface area (Å²) in [6.07, 6.45) is 0.0164. The number of hydrogen-bond acceptors (Lipinski definition) is 2. The second-order valence-electron chi connectivity index (χ2n) is 8.23. The van der Waals surface area contributed by atoms with Crippen LogP contribution in [0.15, 0.2) is 54.1 Å². The van der Waals surface area contributed by atoms with Crippen molar-refractivity contribution in [3.8, 4) is 0 Å². The van der Waals surface area contributed by atoms with Gasteiger partial charge in [0.1, 0.15) is 0 Å². The van der Waals surface area contributed by atoms with Crippen LogP contribution in [-0.4, -0.2) is 36.6 Å². The van der Waals surface area contributed by atoms with Crippen LogP contribution in [0.5, 0.6) is 0 Å². The number of halogens is 3. The first-order valence-corrected chi connectivity index (χ1v) is 9.98. The minimum absolute atomic E-state index is 0.0163. The van der Waals surface area contributed by atoms with Crippen molar-refractivity contribution in [2.75, 3.05) is 20.6 Å². The number of nitrogens with zero attached hydrogens (tertiary/aromatic N) is 1. The van der Waals surface area contributed by atoms with Crippen molar-refractivity contribution in [1.29, 1.82) is 0 Å². The van der Waals surface area contributed by atoms with Crippen LogP contribution in [0, 0.1) is 5.92 Å². The third kappa shape index (κ3) is 5.51. The highest BCUT2D eigenvalue weighted by molar-refractivity contribution is 5.88. The van der Waals surface area contributed by atoms with Gasteiger partial charge in [0.15, 0.2) is 0 Å². The average Bonchev–Trinajstić information content (AvgIpc) is 2.68. The smallest absolute Gasteiger partial charge is 0.416 e. The van der Waals surface area contributed by atoms with E-state index in [1.807, 2.05) is 26.2 Å². The molecule has 1 aliphatic rings. The third-order valence-corrected chi connectivity index (χ3v) is 5.63. The summed E-state index contributed by atoms with van der Waals surface area (Å²) in [5.74, 6) is -0.741. The van der Waals surface area contributed by atoms with Crippen LogP contribution >= 0.6 is 0 Å². The molecule has 0 saturated heterocycles. The molecule has 6 heteroatoms. The number of carbonyl (C=O) groups is 1. The molecule has 1 fully saturated rings. The summed E-state index contributed by atoms with van der Waals surface area (Å²) >= 11 is 0. The molecule has 1 aliphatic carbocycles. The Balaban J connectivity index is 1.92. The first-order valence-electron chi connectivity index (χ1n) is 9.98. The molecule has 160 valence electrons. The minimum atomic E-state index is -4.36. The van der Waals surface area contributed by atoms with Crippen molar-refractivity contribution in [2.45, 2.75) is 31.4 Å². The van der Waals surface area contributed by atoms with Gasteiger partial charge >= 0.3 is 12.1 Å². The second-order valence-corrected chi connectivity index (χ2v) is 8.23. The van der Waals surface area contributed by atoms with Gasteiger partial charge in [0.25, 0.3) is 0 Å². The molecule has 0 aromatic heterocycles. The Morgan fingerprint density at radius 2 is 1.90 bits per heavy atom. The van der Waals surface area contributed by atoms with E-state index in [1.165, 1.54) is 12.1 Å². The SMILES string of the molecule is CN(C)C[C@@H]1CC/C(=C\c2cccc(C(=O)O)c2)C[C@H]1c1cccc(C(F)(F)F)c1. The molecule has 0 aliphatic heterocycles. The number of alkyl halides is 3. The van der Waals surface area contributed by atoms with Crippen molar-refractivity contribution < 1.29 is 23.1 Å². The van der Waals surface area contributed by atoms with Crippen LogP contribution in [0.4, 0.5) is 13.2 Å². The van der Waals surface area contributed by atoms with Crippen molar-refractivity contribution in [1.82, 2.24) is 4.90 Å². The van der Waals surface area contributed by atoms with E-state index in [0.29, 0.717) is 12.0 Å². The van der Waals surface area contributed by atoms with Crippen LogP contribution in [-0.2, 0) is 6.18 Å². The summed E-state index contributed by atoms with van der Waals surface area (Å²) in [6, 6.07) is 12.4. The van der Waals surface area contributed by atoms with Gasteiger partial charge < -0.3 is 10.0 Å². The van der Waals surface area contributed by atoms with E-state index in [1.54, 1.807) is 24.3 Å². The summed E-state index contributed by atoms with van der Waals surface area (Å²) < 4.78 is 39.7. The molecule has 30 heavy (non-hydrogen) atoms. The predicted octanol–water partition coefficient (Wildman–Crippen LogP) is 5.93. The summed E-state index contributed by atoms with van der Waals surface area (Å²) in [5.41, 5.74) is 2.25. The van der Waals surface area contributed by atoms with Gasteiger partial charge in [-0.25, -0.2) is 4.79 Å². The first-order chi connectivity index (χ1) is 14.1. The van der Waals surface area contributed by atoms with Crippen LogP contribution in [0.1, 0.15) is 52.2 Å². The predicted molar refractivity (Wildman–Crippen MR) is 111 cm³/mol. The monoisotopic (exact) mass is 417 g/mol. The van der Waals surface area contributed by atoms with E-state index >= 15 is 0 Å². The zero-order valence-corrected chi connectivity index (χ0v) is 17.1. The van der Waals surface area contributed by atoms with E-state index in [-0.39, 0.29) is 17.4 Å². The van der Waals surface area contributed by atoms with Gasteiger partial charge in [-0.1, -0.05) is 42.0 Å². The molecule has 2 aromatic carbocycles. The summed E-state index contributed by atoms with van der Waals surface area (Å²) in [6.45, 7) is 0.808. The Morgan fingerprint density at radius 1 is 1.17 bits per heavy atom. The molecule has 3 nitrogen and oxygen atoms in total. The second kappa shape index (κ2) is 9.04. The Hall–Kier alpha value is -2.60. The van der Waals surface area contributed by atoms with E-state index in [4.69, 9.17) is 0 Å². The molecule has 0 radical (unpaired) electrons. The van der Waals surface area contributed by atoms with E-state index in [2.05, 4.69) is 4.90 Å². The summed E-state index contributed by atoms with van der Waals surface area (Å²) in [5, 5.41) is 9.20. The topological polar surface area (TPSA) is 40.5 Å². The summed E-state index contributed by atoms with van der Waals surface area (Å²) in [7, 11) is 3.96. The quantitative estimate of drug-likeness (QED) is 0.655. The van der Waals surface area contributed by atoms with Gasteiger partial charge in [0, 0.05) is 6.54 Å². The van der Waals surface area contributed by atoms with E-state index in [0.717, 1.165) is 36.6 Å². The molecular weight excluding hydrogens is 391 g/mol. The van der Waals surface area contributed by atoms with E-state index in [9.17, 15) is 23.1 Å². The lowest BCUT2D eigenvalue weighted by Gasteiger charge is -2.35. The lowest BCUT2D eigenvalue weighted by Crippen LogP contribution is -2.29. The fraction of sp³-hybridized carbons (Fsp3) is 0.375. The van der Waals surface area contributed by atoms with Crippen LogP contribution in [0.25, 0.3) is 6.08 Å². The number of carboxylic acids is 1. The minimum Gasteiger partial charge on any atom is -0.478 e. The molecule has 2 aromatic rings. The largest absolute Gasteiger partial charge is 0.478 e. The van der Waals surface area contributed by atoms with Gasteiger partial charge in [0.05, 0.1) is 11.1 Å². The van der Waals surface area contributed by atoms with Gasteiger partial charge in [-0.15, -0.1) is 0 Å². The molecule has 3 rings (SSSR count). The maximum atomic E-state index is 13.2. The average molecular weight is 417 g/mol. The fourth-order valence-corrected chi connectivity index (χ4v) is 4.27. The van der Waals surface area contributed by atoms with Gasteiger partial charge in [-0.3, -0.25) is 0 Å². The molecule has 0 amide bonds. The third-order valence-electron chi connectivity index (χ3n) is 5.63. The molecule has 0 spiro atoms. The zero-order valence-electron chi connectivity index (χ0n) is 17.1. The maximum Gasteiger partial charge on any atom is 0.416 e. The van der Waals surface area contributed by atoms with Gasteiger partial charge in [0.2, 0.25) is 0 Å². The van der Waals surface area contributed by atoms with Crippen molar-refractivity contribution in [3.63, 3.8) is 0 Å². The fourth-order valence-electron chi connectivity index (χ4n) is 4.27. The molecule has 0 heterocycles. The molecule has 0 bridgehead atoms. The molecule has 2 atom stereocenters. The lowest BCUT2D eigenvalue weighted by atomic mass is 9.72. The Morgan fingerprint density at radius 3 is 2.57 bits per heavy atom. The zero-order chi connectivity index (χ0) is 21.9. The number of aromatic carboxylic acids is 1. The highest BCUT2D eigenvalue weighted by Crippen LogP contribution is 2.42. The number of rotatable bonds is 5. The van der Waals surface area contributed by atoms with Gasteiger partial charge in [-0.05, 0) is 74.5 Å². The van der Waals surface area contributed by atoms with Crippen molar-refractivity contribution in [3.05, 3.63) is 76.4 Å². The Labute approximate surface area is 174 Å². The number of allylic oxidation sites excluding steroid dienone is 1. The van der Waals surface area contributed by atoms with Gasteiger partial charge in [-0.2, -0.15) is 13.2 Å². The molecular formula is C24H26F3NO2. The van der Waals surface area contributed by atoms with Crippen LogP contribution in [0.2, 0.25) is 0 Å². The van der Waals surface area contributed by atoms with Crippen molar-refractivity contribution >= 4 is 12.0 Å². The number of hydrogen-bond donors (Lipinski definition) is 1. The highest BCUT2D eigenvalue weighted by atomic mass is 19.4. The summed E-state index contributed by atoms with van der Waals surface area (Å²) in [4.78, 5) is 13.3. The Bertz CT molecular complexity index is 934. The van der Waals surface area contributed by atoms with Crippen LogP contribution < -0.4 is 0 Å².